The molecule has 1 saturated heterocycles. The average molecular weight is 349 g/mol. The lowest BCUT2D eigenvalue weighted by atomic mass is 9.91. The van der Waals surface area contributed by atoms with Crippen LogP contribution < -0.4 is 9.47 Å². The highest BCUT2D eigenvalue weighted by atomic mass is 16.5. The molecule has 0 aromatic heterocycles. The van der Waals surface area contributed by atoms with E-state index in [1.165, 1.54) is 24.8 Å². The number of rotatable bonds is 7. The molecule has 5 heteroatoms. The number of nitrogens with zero attached hydrogens (tertiary/aromatic N) is 1. The first-order valence-corrected chi connectivity index (χ1v) is 9.46. The van der Waals surface area contributed by atoms with Gasteiger partial charge in [0.25, 0.3) is 0 Å². The fourth-order valence-electron chi connectivity index (χ4n) is 4.12. The number of likely N-dealkylation sites (tertiary alicyclic amines) is 1. The van der Waals surface area contributed by atoms with Gasteiger partial charge in [-0.1, -0.05) is 18.9 Å². The molecule has 0 unspecified atom stereocenters. The lowest BCUT2D eigenvalue weighted by molar-refractivity contribution is -0.0316. The van der Waals surface area contributed by atoms with Crippen molar-refractivity contribution in [2.24, 2.45) is 0 Å². The number of hydrogen-bond acceptors (Lipinski definition) is 5. The second-order valence-electron chi connectivity index (χ2n) is 7.14. The monoisotopic (exact) mass is 349 g/mol. The summed E-state index contributed by atoms with van der Waals surface area (Å²) in [5.41, 5.74) is 1.20. The molecule has 0 spiro atoms. The summed E-state index contributed by atoms with van der Waals surface area (Å²) in [6.45, 7) is 2.52. The molecule has 1 aliphatic heterocycles. The smallest absolute Gasteiger partial charge is 0.160 e. The van der Waals surface area contributed by atoms with Crippen molar-refractivity contribution < 1.29 is 19.3 Å². The van der Waals surface area contributed by atoms with Crippen LogP contribution in [0.3, 0.4) is 0 Å². The van der Waals surface area contributed by atoms with Gasteiger partial charge < -0.3 is 19.3 Å². The summed E-state index contributed by atoms with van der Waals surface area (Å²) < 4.78 is 16.9. The average Bonchev–Trinajstić information content (AvgIpc) is 3.08. The number of aliphatic hydroxyl groups excluding tert-OH is 1. The number of ether oxygens (including phenoxy) is 3. The fraction of sp³-hybridized carbons (Fsp3) is 0.700. The van der Waals surface area contributed by atoms with Gasteiger partial charge in [-0.15, -0.1) is 0 Å². The minimum absolute atomic E-state index is 0.158. The fourth-order valence-corrected chi connectivity index (χ4v) is 4.12. The number of aliphatic hydroxyl groups is 1. The van der Waals surface area contributed by atoms with Crippen molar-refractivity contribution in [2.75, 3.05) is 33.9 Å². The molecule has 1 aliphatic carbocycles. The van der Waals surface area contributed by atoms with E-state index in [0.717, 1.165) is 43.9 Å². The molecule has 0 radical (unpaired) electrons. The van der Waals surface area contributed by atoms with E-state index in [-0.39, 0.29) is 6.10 Å². The van der Waals surface area contributed by atoms with Crippen molar-refractivity contribution in [3.8, 4) is 11.5 Å². The first-order chi connectivity index (χ1) is 12.2. The van der Waals surface area contributed by atoms with Gasteiger partial charge in [0.15, 0.2) is 11.5 Å². The summed E-state index contributed by atoms with van der Waals surface area (Å²) in [6.07, 6.45) is 6.73. The maximum absolute atomic E-state index is 9.83. The van der Waals surface area contributed by atoms with E-state index in [4.69, 9.17) is 14.2 Å². The SMILES string of the molecule is COc1ccc(CCO[C@@H]2CCCC[C@@H]2N2CC[C@@H](O)C2)cc1OC. The Hall–Kier alpha value is -1.30. The third-order valence-electron chi connectivity index (χ3n) is 5.50. The van der Waals surface area contributed by atoms with Gasteiger partial charge in [-0.2, -0.15) is 0 Å². The highest BCUT2D eigenvalue weighted by Gasteiger charge is 2.34. The largest absolute Gasteiger partial charge is 0.493 e. The number of benzene rings is 1. The van der Waals surface area contributed by atoms with Crippen molar-refractivity contribution in [3.05, 3.63) is 23.8 Å². The van der Waals surface area contributed by atoms with Crippen LogP contribution in [0.25, 0.3) is 0 Å². The molecular weight excluding hydrogens is 318 g/mol. The highest BCUT2D eigenvalue weighted by molar-refractivity contribution is 5.42. The topological polar surface area (TPSA) is 51.2 Å². The number of hydrogen-bond donors (Lipinski definition) is 1. The first kappa shape index (κ1) is 18.5. The van der Waals surface area contributed by atoms with Gasteiger partial charge in [0, 0.05) is 19.1 Å². The molecule has 1 aromatic rings. The third-order valence-corrected chi connectivity index (χ3v) is 5.50. The Balaban J connectivity index is 1.53. The normalized spacial score (nSPS) is 27.4. The second-order valence-corrected chi connectivity index (χ2v) is 7.14. The maximum atomic E-state index is 9.83. The summed E-state index contributed by atoms with van der Waals surface area (Å²) in [6, 6.07) is 6.51. The van der Waals surface area contributed by atoms with Gasteiger partial charge in [-0.25, -0.2) is 0 Å². The summed E-state index contributed by atoms with van der Waals surface area (Å²) >= 11 is 0. The van der Waals surface area contributed by atoms with Crippen molar-refractivity contribution in [1.82, 2.24) is 4.90 Å². The van der Waals surface area contributed by atoms with Crippen LogP contribution in [-0.4, -0.2) is 62.2 Å². The molecule has 0 bridgehead atoms. The van der Waals surface area contributed by atoms with Crippen LogP contribution in [0.2, 0.25) is 0 Å². The number of β-amino-alcohol motifs (C(OH)–C–C–N with tert-alkyl or cyclic N) is 1. The Bertz CT molecular complexity index is 550. The van der Waals surface area contributed by atoms with Crippen LogP contribution in [-0.2, 0) is 11.2 Å². The van der Waals surface area contributed by atoms with E-state index in [9.17, 15) is 5.11 Å². The van der Waals surface area contributed by atoms with Gasteiger partial charge in [0.2, 0.25) is 0 Å². The van der Waals surface area contributed by atoms with E-state index >= 15 is 0 Å². The van der Waals surface area contributed by atoms with Crippen LogP contribution in [0.15, 0.2) is 18.2 Å². The molecular formula is C20H31NO4. The summed E-state index contributed by atoms with van der Waals surface area (Å²) in [5.74, 6) is 1.52. The van der Waals surface area contributed by atoms with Crippen LogP contribution in [0.5, 0.6) is 11.5 Å². The molecule has 3 rings (SSSR count). The Kier molecular flexibility index (Phi) is 6.57. The van der Waals surface area contributed by atoms with E-state index < -0.39 is 0 Å². The van der Waals surface area contributed by atoms with Crippen molar-refractivity contribution in [3.63, 3.8) is 0 Å². The number of methoxy groups -OCH3 is 2. The molecule has 25 heavy (non-hydrogen) atoms. The molecule has 0 amide bonds. The van der Waals surface area contributed by atoms with Gasteiger partial charge in [-0.3, -0.25) is 4.90 Å². The van der Waals surface area contributed by atoms with Crippen LogP contribution >= 0.6 is 0 Å². The van der Waals surface area contributed by atoms with Crippen molar-refractivity contribution in [1.29, 1.82) is 0 Å². The lowest BCUT2D eigenvalue weighted by Crippen LogP contribution is -2.46. The Labute approximate surface area is 150 Å². The minimum atomic E-state index is -0.158. The minimum Gasteiger partial charge on any atom is -0.493 e. The maximum Gasteiger partial charge on any atom is 0.160 e. The van der Waals surface area contributed by atoms with Crippen LogP contribution in [0, 0.1) is 0 Å². The van der Waals surface area contributed by atoms with Gasteiger partial charge >= 0.3 is 0 Å². The molecule has 1 saturated carbocycles. The molecule has 5 nitrogen and oxygen atoms in total. The molecule has 2 fully saturated rings. The van der Waals surface area contributed by atoms with Crippen LogP contribution in [0.1, 0.15) is 37.7 Å². The Morgan fingerprint density at radius 2 is 1.88 bits per heavy atom. The second kappa shape index (κ2) is 8.88. The molecule has 3 atom stereocenters. The van der Waals surface area contributed by atoms with Crippen LogP contribution in [0.4, 0.5) is 0 Å². The van der Waals surface area contributed by atoms with E-state index in [0.29, 0.717) is 18.8 Å². The summed E-state index contributed by atoms with van der Waals surface area (Å²) in [7, 11) is 3.31. The van der Waals surface area contributed by atoms with E-state index in [1.54, 1.807) is 14.2 Å². The van der Waals surface area contributed by atoms with Gasteiger partial charge in [0.1, 0.15) is 0 Å². The molecule has 1 N–H and O–H groups in total. The molecule has 2 aliphatic rings. The van der Waals surface area contributed by atoms with E-state index in [1.807, 2.05) is 12.1 Å². The zero-order valence-corrected chi connectivity index (χ0v) is 15.4. The standard InChI is InChI=1S/C20H31NO4/c1-23-19-8-7-15(13-20(19)24-2)10-12-25-18-6-4-3-5-17(18)21-11-9-16(22)14-21/h7-8,13,16-18,22H,3-6,9-12,14H2,1-2H3/t16-,17+,18-/m1/s1. The Morgan fingerprint density at radius 3 is 2.60 bits per heavy atom. The third kappa shape index (κ3) is 4.66. The Morgan fingerprint density at radius 1 is 1.08 bits per heavy atom. The molecule has 140 valence electrons. The summed E-state index contributed by atoms with van der Waals surface area (Å²) in [4.78, 5) is 2.44. The molecule has 1 aromatic carbocycles. The van der Waals surface area contributed by atoms with Gasteiger partial charge in [0.05, 0.1) is 33.0 Å². The zero-order valence-electron chi connectivity index (χ0n) is 15.4. The predicted molar refractivity (Wildman–Crippen MR) is 97.4 cm³/mol. The van der Waals surface area contributed by atoms with Crippen molar-refractivity contribution in [2.45, 2.75) is 56.8 Å². The van der Waals surface area contributed by atoms with Gasteiger partial charge in [-0.05, 0) is 43.4 Å². The molecule has 1 heterocycles. The van der Waals surface area contributed by atoms with Crippen molar-refractivity contribution >= 4 is 0 Å². The van der Waals surface area contributed by atoms with E-state index in [2.05, 4.69) is 11.0 Å². The lowest BCUT2D eigenvalue weighted by Gasteiger charge is -2.37. The zero-order chi connectivity index (χ0) is 17.6. The quantitative estimate of drug-likeness (QED) is 0.820. The summed E-state index contributed by atoms with van der Waals surface area (Å²) in [5, 5.41) is 9.83. The predicted octanol–water partition coefficient (Wildman–Crippen LogP) is 2.64. The first-order valence-electron chi connectivity index (χ1n) is 9.46. The highest BCUT2D eigenvalue weighted by Crippen LogP contribution is 2.30.